The first-order valence-electron chi connectivity index (χ1n) is 7.87. The summed E-state index contributed by atoms with van der Waals surface area (Å²) >= 11 is 0. The first-order chi connectivity index (χ1) is 10.4. The van der Waals surface area contributed by atoms with Crippen molar-refractivity contribution in [2.45, 2.75) is 39.2 Å². The molecule has 2 amide bonds. The highest BCUT2D eigenvalue weighted by atomic mass is 16.6. The average molecular weight is 306 g/mol. The van der Waals surface area contributed by atoms with Crippen molar-refractivity contribution in [1.29, 1.82) is 0 Å². The molecule has 0 bridgehead atoms. The Morgan fingerprint density at radius 1 is 1.27 bits per heavy atom. The molecule has 1 N–H and O–H groups in total. The van der Waals surface area contributed by atoms with Gasteiger partial charge in [-0.2, -0.15) is 0 Å². The zero-order valence-corrected chi connectivity index (χ0v) is 13.9. The lowest BCUT2D eigenvalue weighted by atomic mass is 9.94. The van der Waals surface area contributed by atoms with Gasteiger partial charge in [-0.1, -0.05) is 19.4 Å². The summed E-state index contributed by atoms with van der Waals surface area (Å²) in [5.41, 5.74) is 0.516. The molecule has 1 aromatic rings. The van der Waals surface area contributed by atoms with Crippen LogP contribution in [0.1, 0.15) is 39.2 Å². The largest absolute Gasteiger partial charge is 0.486 e. The molecule has 5 nitrogen and oxygen atoms in total. The van der Waals surface area contributed by atoms with Crippen LogP contribution in [-0.2, 0) is 5.54 Å². The third kappa shape index (κ3) is 3.84. The van der Waals surface area contributed by atoms with Crippen LogP contribution in [0.25, 0.3) is 0 Å². The highest BCUT2D eigenvalue weighted by molar-refractivity contribution is 5.75. The molecule has 1 aromatic carbocycles. The van der Waals surface area contributed by atoms with Gasteiger partial charge in [-0.05, 0) is 38.0 Å². The van der Waals surface area contributed by atoms with Gasteiger partial charge in [-0.3, -0.25) is 0 Å². The number of unbranched alkanes of at least 4 members (excludes halogenated alkanes) is 1. The zero-order chi connectivity index (χ0) is 16.2. The highest BCUT2D eigenvalue weighted by Gasteiger charge is 2.26. The fraction of sp³-hybridized carbons (Fsp3) is 0.588. The Kier molecular flexibility index (Phi) is 5.16. The topological polar surface area (TPSA) is 50.8 Å². The molecule has 0 aliphatic carbocycles. The monoisotopic (exact) mass is 306 g/mol. The van der Waals surface area contributed by atoms with E-state index in [0.717, 1.165) is 36.4 Å². The predicted octanol–water partition coefficient (Wildman–Crippen LogP) is 3.13. The summed E-state index contributed by atoms with van der Waals surface area (Å²) in [5.74, 6) is 1.50. The molecule has 0 radical (unpaired) electrons. The van der Waals surface area contributed by atoms with E-state index in [9.17, 15) is 4.79 Å². The summed E-state index contributed by atoms with van der Waals surface area (Å²) in [5, 5.41) is 3.08. The standard InChI is InChI=1S/C17H26N2O3/c1-5-6-9-19(4)16(20)18-17(2,3)13-7-8-14-15(12-13)22-11-10-21-14/h7-8,12H,5-6,9-11H2,1-4H3,(H,18,20). The van der Waals surface area contributed by atoms with Crippen LogP contribution in [0.4, 0.5) is 4.79 Å². The molecule has 1 heterocycles. The molecular weight excluding hydrogens is 280 g/mol. The molecular formula is C17H26N2O3. The van der Waals surface area contributed by atoms with Crippen LogP contribution in [0.2, 0.25) is 0 Å². The van der Waals surface area contributed by atoms with E-state index in [2.05, 4.69) is 12.2 Å². The van der Waals surface area contributed by atoms with Gasteiger partial charge in [-0.25, -0.2) is 4.79 Å². The third-order valence-electron chi connectivity index (χ3n) is 3.88. The van der Waals surface area contributed by atoms with E-state index >= 15 is 0 Å². The van der Waals surface area contributed by atoms with Gasteiger partial charge in [0.2, 0.25) is 0 Å². The number of hydrogen-bond acceptors (Lipinski definition) is 3. The maximum Gasteiger partial charge on any atom is 0.317 e. The number of carbonyl (C=O) groups excluding carboxylic acids is 1. The summed E-state index contributed by atoms with van der Waals surface area (Å²) in [6, 6.07) is 5.76. The van der Waals surface area contributed by atoms with Gasteiger partial charge >= 0.3 is 6.03 Å². The van der Waals surface area contributed by atoms with Crippen molar-refractivity contribution >= 4 is 6.03 Å². The Hall–Kier alpha value is -1.91. The van der Waals surface area contributed by atoms with Crippen LogP contribution < -0.4 is 14.8 Å². The molecule has 0 spiro atoms. The van der Waals surface area contributed by atoms with Gasteiger partial charge in [0.1, 0.15) is 13.2 Å². The molecule has 0 unspecified atom stereocenters. The Balaban J connectivity index is 2.07. The van der Waals surface area contributed by atoms with Gasteiger partial charge in [0, 0.05) is 13.6 Å². The van der Waals surface area contributed by atoms with E-state index in [1.54, 1.807) is 4.90 Å². The molecule has 5 heteroatoms. The van der Waals surface area contributed by atoms with Crippen molar-refractivity contribution in [1.82, 2.24) is 10.2 Å². The lowest BCUT2D eigenvalue weighted by Gasteiger charge is -2.31. The Labute approximate surface area is 132 Å². The van der Waals surface area contributed by atoms with Gasteiger partial charge < -0.3 is 19.7 Å². The summed E-state index contributed by atoms with van der Waals surface area (Å²) in [6.07, 6.45) is 2.08. The lowest BCUT2D eigenvalue weighted by Crippen LogP contribution is -2.47. The number of ether oxygens (including phenoxy) is 2. The maximum absolute atomic E-state index is 12.3. The molecule has 0 atom stereocenters. The minimum absolute atomic E-state index is 0.0617. The van der Waals surface area contributed by atoms with E-state index in [1.165, 1.54) is 0 Å². The van der Waals surface area contributed by atoms with E-state index < -0.39 is 5.54 Å². The second kappa shape index (κ2) is 6.90. The van der Waals surface area contributed by atoms with Gasteiger partial charge in [-0.15, -0.1) is 0 Å². The number of amides is 2. The SMILES string of the molecule is CCCCN(C)C(=O)NC(C)(C)c1ccc2c(c1)OCCO2. The fourth-order valence-electron chi connectivity index (χ4n) is 2.36. The molecule has 0 saturated heterocycles. The molecule has 0 fully saturated rings. The number of fused-ring (bicyclic) bond motifs is 1. The molecule has 1 aliphatic heterocycles. The van der Waals surface area contributed by atoms with E-state index in [0.29, 0.717) is 13.2 Å². The van der Waals surface area contributed by atoms with Crippen LogP contribution in [-0.4, -0.2) is 37.7 Å². The molecule has 0 saturated carbocycles. The summed E-state index contributed by atoms with van der Waals surface area (Å²) in [6.45, 7) is 8.00. The lowest BCUT2D eigenvalue weighted by molar-refractivity contribution is 0.170. The number of nitrogens with zero attached hydrogens (tertiary/aromatic N) is 1. The van der Waals surface area contributed by atoms with Crippen LogP contribution in [0.3, 0.4) is 0 Å². The Morgan fingerprint density at radius 3 is 2.64 bits per heavy atom. The average Bonchev–Trinajstić information content (AvgIpc) is 2.51. The maximum atomic E-state index is 12.3. The fourth-order valence-corrected chi connectivity index (χ4v) is 2.36. The summed E-state index contributed by atoms with van der Waals surface area (Å²) in [4.78, 5) is 14.0. The minimum Gasteiger partial charge on any atom is -0.486 e. The van der Waals surface area contributed by atoms with E-state index in [-0.39, 0.29) is 6.03 Å². The molecule has 122 valence electrons. The summed E-state index contributed by atoms with van der Waals surface area (Å²) in [7, 11) is 1.82. The van der Waals surface area contributed by atoms with Crippen molar-refractivity contribution in [3.8, 4) is 11.5 Å². The van der Waals surface area contributed by atoms with Crippen LogP contribution in [0.5, 0.6) is 11.5 Å². The van der Waals surface area contributed by atoms with E-state index in [4.69, 9.17) is 9.47 Å². The molecule has 22 heavy (non-hydrogen) atoms. The van der Waals surface area contributed by atoms with Crippen LogP contribution >= 0.6 is 0 Å². The van der Waals surface area contributed by atoms with Crippen molar-refractivity contribution in [2.24, 2.45) is 0 Å². The molecule has 2 rings (SSSR count). The number of carbonyl (C=O) groups is 1. The van der Waals surface area contributed by atoms with E-state index in [1.807, 2.05) is 39.1 Å². The second-order valence-electron chi connectivity index (χ2n) is 6.19. The Bertz CT molecular complexity index is 529. The first-order valence-corrected chi connectivity index (χ1v) is 7.87. The molecule has 1 aliphatic rings. The minimum atomic E-state index is -0.479. The van der Waals surface area contributed by atoms with Crippen molar-refractivity contribution in [3.63, 3.8) is 0 Å². The number of benzene rings is 1. The number of urea groups is 1. The van der Waals surface area contributed by atoms with Gasteiger partial charge in [0.05, 0.1) is 5.54 Å². The van der Waals surface area contributed by atoms with Crippen molar-refractivity contribution < 1.29 is 14.3 Å². The van der Waals surface area contributed by atoms with Crippen LogP contribution in [0.15, 0.2) is 18.2 Å². The normalized spacial score (nSPS) is 13.6. The smallest absolute Gasteiger partial charge is 0.317 e. The van der Waals surface area contributed by atoms with Crippen molar-refractivity contribution in [2.75, 3.05) is 26.8 Å². The van der Waals surface area contributed by atoms with Gasteiger partial charge in [0.15, 0.2) is 11.5 Å². The summed E-state index contributed by atoms with van der Waals surface area (Å²) < 4.78 is 11.2. The van der Waals surface area contributed by atoms with Gasteiger partial charge in [0.25, 0.3) is 0 Å². The van der Waals surface area contributed by atoms with Crippen molar-refractivity contribution in [3.05, 3.63) is 23.8 Å². The number of rotatable bonds is 5. The highest BCUT2D eigenvalue weighted by Crippen LogP contribution is 2.34. The zero-order valence-electron chi connectivity index (χ0n) is 13.9. The number of nitrogens with one attached hydrogen (secondary N) is 1. The molecule has 0 aromatic heterocycles. The van der Waals surface area contributed by atoms with Crippen LogP contribution in [0, 0.1) is 0 Å². The third-order valence-corrected chi connectivity index (χ3v) is 3.88. The quantitative estimate of drug-likeness (QED) is 0.909. The number of hydrogen-bond donors (Lipinski definition) is 1. The Morgan fingerprint density at radius 2 is 1.95 bits per heavy atom. The second-order valence-corrected chi connectivity index (χ2v) is 6.19. The first kappa shape index (κ1) is 16.5. The predicted molar refractivity (Wildman–Crippen MR) is 86.5 cm³/mol.